The van der Waals surface area contributed by atoms with Crippen molar-refractivity contribution in [3.63, 3.8) is 0 Å². The summed E-state index contributed by atoms with van der Waals surface area (Å²) in [7, 11) is 1.03. The van der Waals surface area contributed by atoms with Gasteiger partial charge in [-0.2, -0.15) is 0 Å². The van der Waals surface area contributed by atoms with E-state index in [1.807, 2.05) is 0 Å². The van der Waals surface area contributed by atoms with Crippen molar-refractivity contribution < 1.29 is 14.9 Å². The van der Waals surface area contributed by atoms with Gasteiger partial charge < -0.3 is 14.9 Å². The topological polar surface area (TPSA) is 105 Å². The molecule has 4 atom stereocenters. The zero-order valence-electron chi connectivity index (χ0n) is 9.09. The van der Waals surface area contributed by atoms with Gasteiger partial charge in [0.2, 0.25) is 0 Å². The van der Waals surface area contributed by atoms with Crippen molar-refractivity contribution in [2.24, 2.45) is 0 Å². The van der Waals surface area contributed by atoms with Gasteiger partial charge in [-0.3, -0.25) is 14.3 Å². The second-order valence-electron chi connectivity index (χ2n) is 3.83. The summed E-state index contributed by atoms with van der Waals surface area (Å²) in [6.07, 6.45) is -1.22. The molecule has 0 aliphatic carbocycles. The summed E-state index contributed by atoms with van der Waals surface area (Å²) < 4.78 is 6.57. The quantitative estimate of drug-likeness (QED) is 0.409. The molecule has 7 nitrogen and oxygen atoms in total. The zero-order chi connectivity index (χ0) is 13.3. The number of rotatable bonds is 3. The van der Waals surface area contributed by atoms with Gasteiger partial charge in [0, 0.05) is 12.3 Å². The van der Waals surface area contributed by atoms with Crippen LogP contribution in [0.4, 0.5) is 0 Å². The minimum absolute atomic E-state index is 0.361. The molecule has 1 fully saturated rings. The highest BCUT2D eigenvalue weighted by Gasteiger charge is 2.44. The van der Waals surface area contributed by atoms with Crippen molar-refractivity contribution >= 4 is 22.5 Å². The number of nitrogens with zero attached hydrogens (tertiary/aromatic N) is 1. The number of aromatic amines is 1. The molecule has 1 aliphatic heterocycles. The average Bonchev–Trinajstić information content (AvgIpc) is 2.65. The van der Waals surface area contributed by atoms with Gasteiger partial charge in [0.15, 0.2) is 6.23 Å². The number of hydrogen-bond acceptors (Lipinski definition) is 7. The van der Waals surface area contributed by atoms with E-state index in [4.69, 9.17) is 9.84 Å². The molecular weight excluding hydrogens is 280 g/mol. The van der Waals surface area contributed by atoms with Gasteiger partial charge >= 0.3 is 5.69 Å². The molecule has 1 aromatic heterocycles. The van der Waals surface area contributed by atoms with Crippen molar-refractivity contribution in [2.75, 3.05) is 6.61 Å². The fourth-order valence-electron chi connectivity index (χ4n) is 1.83. The van der Waals surface area contributed by atoms with Crippen molar-refractivity contribution in [1.82, 2.24) is 9.55 Å². The second kappa shape index (κ2) is 5.49. The van der Waals surface area contributed by atoms with Crippen molar-refractivity contribution in [2.45, 2.75) is 23.7 Å². The van der Waals surface area contributed by atoms with E-state index in [1.54, 1.807) is 0 Å². The summed E-state index contributed by atoms with van der Waals surface area (Å²) in [5.41, 5.74) is -1.14. The van der Waals surface area contributed by atoms with E-state index in [0.29, 0.717) is 0 Å². The molecule has 0 saturated carbocycles. The fourth-order valence-corrected chi connectivity index (χ4v) is 3.12. The van der Waals surface area contributed by atoms with Crippen LogP contribution in [0.15, 0.2) is 21.9 Å². The summed E-state index contributed by atoms with van der Waals surface area (Å²) in [6.45, 7) is -0.361. The number of aromatic nitrogens is 2. The molecule has 0 bridgehead atoms. The van der Waals surface area contributed by atoms with Crippen molar-refractivity contribution in [1.29, 1.82) is 0 Å². The Hall–Kier alpha value is -0.740. The highest BCUT2D eigenvalue weighted by atomic mass is 33.1. The molecule has 2 unspecified atom stereocenters. The number of aliphatic hydroxyl groups is 2. The second-order valence-corrected chi connectivity index (χ2v) is 5.21. The van der Waals surface area contributed by atoms with Crippen LogP contribution in [0.3, 0.4) is 0 Å². The first-order chi connectivity index (χ1) is 8.58. The van der Waals surface area contributed by atoms with Gasteiger partial charge in [0.05, 0.1) is 18.0 Å². The summed E-state index contributed by atoms with van der Waals surface area (Å²) in [4.78, 5) is 24.7. The predicted octanol–water partition coefficient (Wildman–Crippen LogP) is -1.27. The van der Waals surface area contributed by atoms with Crippen molar-refractivity contribution in [3.05, 3.63) is 33.1 Å². The Morgan fingerprint density at radius 2 is 2.28 bits per heavy atom. The fraction of sp³-hybridized carbons (Fsp3) is 0.556. The van der Waals surface area contributed by atoms with E-state index in [1.165, 1.54) is 12.3 Å². The number of hydrogen-bond donors (Lipinski definition) is 4. The van der Waals surface area contributed by atoms with Crippen LogP contribution < -0.4 is 11.2 Å². The van der Waals surface area contributed by atoms with Crippen molar-refractivity contribution in [3.8, 4) is 0 Å². The largest absolute Gasteiger partial charge is 0.394 e. The number of H-pyrrole nitrogens is 1. The van der Waals surface area contributed by atoms with Gasteiger partial charge in [-0.25, -0.2) is 4.79 Å². The number of aliphatic hydroxyl groups excluding tert-OH is 2. The molecule has 0 radical (unpaired) electrons. The van der Waals surface area contributed by atoms with Gasteiger partial charge in [-0.15, -0.1) is 11.7 Å². The lowest BCUT2D eigenvalue weighted by Gasteiger charge is -2.18. The standard InChI is InChI=1S/C9H12N2O5S2/c12-3-4-6(14)7(18-17)8(16-4)11-2-1-5(13)10-9(11)15/h1-2,4,6-8,12,14,17H,3H2,(H,10,13,15)/t4-,6?,7?,8-/m1/s1. The molecule has 1 saturated heterocycles. The molecule has 0 spiro atoms. The lowest BCUT2D eigenvalue weighted by Crippen LogP contribution is -2.35. The highest BCUT2D eigenvalue weighted by Crippen LogP contribution is 2.38. The van der Waals surface area contributed by atoms with E-state index >= 15 is 0 Å². The Morgan fingerprint density at radius 3 is 2.83 bits per heavy atom. The van der Waals surface area contributed by atoms with Gasteiger partial charge in [-0.1, -0.05) is 10.8 Å². The molecule has 1 aliphatic rings. The number of nitrogens with one attached hydrogen (secondary N) is 1. The summed E-state index contributed by atoms with van der Waals surface area (Å²) in [5, 5.41) is 18.4. The maximum atomic E-state index is 11.6. The van der Waals surface area contributed by atoms with E-state index in [2.05, 4.69) is 16.6 Å². The summed E-state index contributed by atoms with van der Waals surface area (Å²) in [5.74, 6) is 0. The maximum absolute atomic E-state index is 11.6. The average molecular weight is 292 g/mol. The molecular formula is C9H12N2O5S2. The normalized spacial score (nSPS) is 31.7. The molecule has 3 N–H and O–H groups in total. The van der Waals surface area contributed by atoms with E-state index < -0.39 is 34.9 Å². The first-order valence-corrected chi connectivity index (χ1v) is 7.07. The minimum Gasteiger partial charge on any atom is -0.394 e. The van der Waals surface area contributed by atoms with E-state index in [9.17, 15) is 14.7 Å². The first-order valence-electron chi connectivity index (χ1n) is 5.14. The SMILES string of the molecule is O=c1ccn([C@@H]2O[C@H](CO)C(O)C2SS)c(=O)[nH]1. The Labute approximate surface area is 111 Å². The highest BCUT2D eigenvalue weighted by molar-refractivity contribution is 8.68. The molecule has 2 heterocycles. The predicted molar refractivity (Wildman–Crippen MR) is 68.7 cm³/mol. The minimum atomic E-state index is -0.943. The Morgan fingerprint density at radius 1 is 1.56 bits per heavy atom. The van der Waals surface area contributed by atoms with Crippen LogP contribution in [-0.2, 0) is 4.74 Å². The van der Waals surface area contributed by atoms with Crippen LogP contribution in [-0.4, -0.2) is 43.8 Å². The molecule has 100 valence electrons. The number of ether oxygens (including phenoxy) is 1. The van der Waals surface area contributed by atoms with E-state index in [-0.39, 0.29) is 6.61 Å². The zero-order valence-corrected chi connectivity index (χ0v) is 10.8. The molecule has 9 heteroatoms. The third-order valence-corrected chi connectivity index (χ3v) is 4.23. The van der Waals surface area contributed by atoms with Crippen LogP contribution in [0.2, 0.25) is 0 Å². The Bertz CT molecular complexity index is 530. The van der Waals surface area contributed by atoms with Crippen LogP contribution in [0.1, 0.15) is 6.23 Å². The van der Waals surface area contributed by atoms with Crippen LogP contribution in [0.5, 0.6) is 0 Å². The molecule has 2 rings (SSSR count). The Kier molecular flexibility index (Phi) is 4.17. The lowest BCUT2D eigenvalue weighted by atomic mass is 10.2. The number of thiol groups is 1. The maximum Gasteiger partial charge on any atom is 0.330 e. The lowest BCUT2D eigenvalue weighted by molar-refractivity contribution is -0.0457. The molecule has 0 amide bonds. The molecule has 0 aromatic carbocycles. The smallest absolute Gasteiger partial charge is 0.330 e. The van der Waals surface area contributed by atoms with E-state index in [0.717, 1.165) is 15.4 Å². The van der Waals surface area contributed by atoms with Gasteiger partial charge in [0.25, 0.3) is 5.56 Å². The molecule has 18 heavy (non-hydrogen) atoms. The van der Waals surface area contributed by atoms with Gasteiger partial charge in [-0.05, 0) is 0 Å². The Balaban J connectivity index is 2.38. The monoisotopic (exact) mass is 292 g/mol. The van der Waals surface area contributed by atoms with Crippen LogP contribution in [0, 0.1) is 0 Å². The summed E-state index contributed by atoms with van der Waals surface area (Å²) >= 11 is 4.03. The van der Waals surface area contributed by atoms with Crippen LogP contribution in [0.25, 0.3) is 0 Å². The van der Waals surface area contributed by atoms with Crippen LogP contribution >= 0.6 is 22.5 Å². The summed E-state index contributed by atoms with van der Waals surface area (Å²) in [6, 6.07) is 1.18. The first kappa shape index (κ1) is 13.7. The third-order valence-electron chi connectivity index (χ3n) is 2.74. The molecule has 1 aromatic rings. The third kappa shape index (κ3) is 2.36. The van der Waals surface area contributed by atoms with Gasteiger partial charge in [0.1, 0.15) is 6.10 Å².